The molecule has 114 valence electrons. The zero-order valence-electron chi connectivity index (χ0n) is 12.9. The number of hydrogen-bond donors (Lipinski definition) is 3. The second-order valence-corrected chi connectivity index (χ2v) is 6.65. The van der Waals surface area contributed by atoms with Crippen LogP contribution >= 0.6 is 11.3 Å². The molecule has 1 aromatic carbocycles. The first-order valence-electron chi connectivity index (χ1n) is 7.07. The molecule has 0 fully saturated rings. The molecule has 0 bridgehead atoms. The van der Waals surface area contributed by atoms with Crippen molar-refractivity contribution in [3.05, 3.63) is 23.8 Å². The highest BCUT2D eigenvalue weighted by atomic mass is 32.1. The average Bonchev–Trinajstić information content (AvgIpc) is 2.86. The van der Waals surface area contributed by atoms with E-state index >= 15 is 0 Å². The van der Waals surface area contributed by atoms with Crippen molar-refractivity contribution in [2.24, 2.45) is 0 Å². The topological polar surface area (TPSA) is 66.0 Å². The minimum absolute atomic E-state index is 0.138. The van der Waals surface area contributed by atoms with Crippen LogP contribution in [0, 0.1) is 0 Å². The molecule has 0 spiro atoms. The maximum atomic E-state index is 11.9. The molecule has 0 saturated heterocycles. The van der Waals surface area contributed by atoms with Crippen molar-refractivity contribution in [1.29, 1.82) is 0 Å². The highest BCUT2D eigenvalue weighted by molar-refractivity contribution is 7.22. The summed E-state index contributed by atoms with van der Waals surface area (Å²) in [6.07, 6.45) is 0.996. The van der Waals surface area contributed by atoms with Gasteiger partial charge in [-0.2, -0.15) is 0 Å². The number of fused-ring (bicyclic) bond motifs is 1. The Morgan fingerprint density at radius 1 is 1.38 bits per heavy atom. The molecule has 0 radical (unpaired) electrons. The smallest absolute Gasteiger partial charge is 0.321 e. The van der Waals surface area contributed by atoms with Crippen molar-refractivity contribution >= 4 is 32.7 Å². The van der Waals surface area contributed by atoms with Gasteiger partial charge in [0.25, 0.3) is 0 Å². The second-order valence-electron chi connectivity index (χ2n) is 5.62. The molecule has 0 atom stereocenters. The van der Waals surface area contributed by atoms with Crippen LogP contribution in [-0.2, 0) is 6.42 Å². The third kappa shape index (κ3) is 4.15. The van der Waals surface area contributed by atoms with Gasteiger partial charge < -0.3 is 10.6 Å². The van der Waals surface area contributed by atoms with Crippen LogP contribution in [0.4, 0.5) is 9.93 Å². The van der Waals surface area contributed by atoms with E-state index in [-0.39, 0.29) is 11.6 Å². The van der Waals surface area contributed by atoms with Crippen molar-refractivity contribution in [1.82, 2.24) is 15.6 Å². The fourth-order valence-electron chi connectivity index (χ4n) is 1.77. The predicted octanol–water partition coefficient (Wildman–Crippen LogP) is 2.98. The van der Waals surface area contributed by atoms with E-state index in [1.165, 1.54) is 16.9 Å². The number of urea groups is 1. The summed E-state index contributed by atoms with van der Waals surface area (Å²) in [5.41, 5.74) is 2.06. The Bertz CT molecular complexity index is 636. The highest BCUT2D eigenvalue weighted by Gasteiger charge is 2.16. The lowest BCUT2D eigenvalue weighted by atomic mass is 10.1. The molecule has 1 aromatic heterocycles. The van der Waals surface area contributed by atoms with E-state index < -0.39 is 0 Å². The first kappa shape index (κ1) is 15.7. The van der Waals surface area contributed by atoms with Crippen LogP contribution in [0.1, 0.15) is 26.3 Å². The molecule has 2 aromatic rings. The monoisotopic (exact) mass is 306 g/mol. The van der Waals surface area contributed by atoms with Gasteiger partial charge in [-0.3, -0.25) is 5.32 Å². The first-order chi connectivity index (χ1) is 9.93. The van der Waals surface area contributed by atoms with Gasteiger partial charge in [0.2, 0.25) is 0 Å². The van der Waals surface area contributed by atoms with E-state index in [0.717, 1.165) is 16.6 Å². The van der Waals surface area contributed by atoms with Gasteiger partial charge in [-0.25, -0.2) is 9.78 Å². The average molecular weight is 306 g/mol. The van der Waals surface area contributed by atoms with E-state index in [0.29, 0.717) is 11.7 Å². The number of rotatable bonds is 5. The summed E-state index contributed by atoms with van der Waals surface area (Å²) in [4.78, 5) is 16.3. The molecule has 0 aliphatic rings. The standard InChI is InChI=1S/C15H22N4OS/c1-5-10-6-7-11-12(8-10)21-14(18-11)19-13(20)17-9-15(2,3)16-4/h6-8,16H,5,9H2,1-4H3,(H2,17,18,19,20). The quantitative estimate of drug-likeness (QED) is 0.795. The van der Waals surface area contributed by atoms with Crippen molar-refractivity contribution in [3.8, 4) is 0 Å². The molecular formula is C15H22N4OS. The van der Waals surface area contributed by atoms with E-state index in [2.05, 4.69) is 40.0 Å². The maximum absolute atomic E-state index is 11.9. The molecule has 0 aliphatic carbocycles. The largest absolute Gasteiger partial charge is 0.336 e. The maximum Gasteiger partial charge on any atom is 0.321 e. The fraction of sp³-hybridized carbons (Fsp3) is 0.467. The summed E-state index contributed by atoms with van der Waals surface area (Å²) in [7, 11) is 1.87. The van der Waals surface area contributed by atoms with E-state index in [9.17, 15) is 4.79 Å². The Hall–Kier alpha value is -1.66. The number of nitrogens with zero attached hydrogens (tertiary/aromatic N) is 1. The van der Waals surface area contributed by atoms with Crippen molar-refractivity contribution in [3.63, 3.8) is 0 Å². The van der Waals surface area contributed by atoms with Crippen molar-refractivity contribution < 1.29 is 4.79 Å². The molecule has 1 heterocycles. The number of carbonyl (C=O) groups excluding carboxylic acids is 1. The number of aryl methyl sites for hydroxylation is 1. The lowest BCUT2D eigenvalue weighted by Crippen LogP contribution is -2.48. The van der Waals surface area contributed by atoms with Gasteiger partial charge in [0.1, 0.15) is 0 Å². The molecule has 0 saturated carbocycles. The van der Waals surface area contributed by atoms with Crippen molar-refractivity contribution in [2.75, 3.05) is 18.9 Å². The Labute approximate surface area is 129 Å². The lowest BCUT2D eigenvalue weighted by Gasteiger charge is -2.24. The van der Waals surface area contributed by atoms with Crippen LogP contribution in [0.2, 0.25) is 0 Å². The summed E-state index contributed by atoms with van der Waals surface area (Å²) in [6, 6.07) is 5.97. The molecule has 21 heavy (non-hydrogen) atoms. The first-order valence-corrected chi connectivity index (χ1v) is 7.88. The van der Waals surface area contributed by atoms with Crippen LogP contribution in [0.15, 0.2) is 18.2 Å². The SMILES string of the molecule is CCc1ccc2nc(NC(=O)NCC(C)(C)NC)sc2c1. The number of amides is 2. The number of aromatic nitrogens is 1. The normalized spacial score (nSPS) is 11.6. The van der Waals surface area contributed by atoms with Crippen LogP contribution in [-0.4, -0.2) is 30.1 Å². The molecule has 3 N–H and O–H groups in total. The molecule has 2 amide bonds. The van der Waals surface area contributed by atoms with Gasteiger partial charge in [-0.15, -0.1) is 0 Å². The summed E-state index contributed by atoms with van der Waals surface area (Å²) in [6.45, 7) is 6.72. The summed E-state index contributed by atoms with van der Waals surface area (Å²) in [5, 5.41) is 9.40. The molecular weight excluding hydrogens is 284 g/mol. The second kappa shape index (κ2) is 6.41. The van der Waals surface area contributed by atoms with Crippen LogP contribution in [0.5, 0.6) is 0 Å². The van der Waals surface area contributed by atoms with E-state index in [1.54, 1.807) is 0 Å². The third-order valence-electron chi connectivity index (χ3n) is 3.45. The predicted molar refractivity (Wildman–Crippen MR) is 89.2 cm³/mol. The summed E-state index contributed by atoms with van der Waals surface area (Å²) >= 11 is 1.50. The molecule has 2 rings (SSSR count). The number of benzene rings is 1. The summed E-state index contributed by atoms with van der Waals surface area (Å²) in [5.74, 6) is 0. The van der Waals surface area contributed by atoms with E-state index in [4.69, 9.17) is 0 Å². The number of anilines is 1. The fourth-order valence-corrected chi connectivity index (χ4v) is 2.70. The van der Waals surface area contributed by atoms with Gasteiger partial charge >= 0.3 is 6.03 Å². The number of thiazole rings is 1. The molecule has 5 nitrogen and oxygen atoms in total. The minimum Gasteiger partial charge on any atom is -0.336 e. The molecule has 0 unspecified atom stereocenters. The van der Waals surface area contributed by atoms with E-state index in [1.807, 2.05) is 27.0 Å². The van der Waals surface area contributed by atoms with Crippen LogP contribution in [0.25, 0.3) is 10.2 Å². The zero-order chi connectivity index (χ0) is 15.5. The minimum atomic E-state index is -0.229. The van der Waals surface area contributed by atoms with Gasteiger partial charge in [0.05, 0.1) is 10.2 Å². The Morgan fingerprint density at radius 3 is 2.81 bits per heavy atom. The van der Waals surface area contributed by atoms with Gasteiger partial charge in [-0.05, 0) is 45.0 Å². The molecule has 0 aliphatic heterocycles. The zero-order valence-corrected chi connectivity index (χ0v) is 13.7. The number of likely N-dealkylation sites (N-methyl/N-ethyl adjacent to an activating group) is 1. The Balaban J connectivity index is 2.01. The van der Waals surface area contributed by atoms with Gasteiger partial charge in [-0.1, -0.05) is 24.3 Å². The van der Waals surface area contributed by atoms with Crippen LogP contribution in [0.3, 0.4) is 0 Å². The van der Waals surface area contributed by atoms with Crippen LogP contribution < -0.4 is 16.0 Å². The number of carbonyl (C=O) groups is 1. The Morgan fingerprint density at radius 2 is 2.14 bits per heavy atom. The van der Waals surface area contributed by atoms with Gasteiger partial charge in [0, 0.05) is 12.1 Å². The molecule has 6 heteroatoms. The third-order valence-corrected chi connectivity index (χ3v) is 4.38. The van der Waals surface area contributed by atoms with Crippen molar-refractivity contribution in [2.45, 2.75) is 32.7 Å². The number of hydrogen-bond acceptors (Lipinski definition) is 4. The highest BCUT2D eigenvalue weighted by Crippen LogP contribution is 2.26. The number of nitrogens with one attached hydrogen (secondary N) is 3. The summed E-state index contributed by atoms with van der Waals surface area (Å²) < 4.78 is 1.10. The lowest BCUT2D eigenvalue weighted by molar-refractivity contribution is 0.248. The Kier molecular flexibility index (Phi) is 4.80. The van der Waals surface area contributed by atoms with Gasteiger partial charge in [0.15, 0.2) is 5.13 Å².